The second kappa shape index (κ2) is 5.10. The SMILES string of the molecule is N#CC(C#N)=c1ccc(=C(C#N)C=N)cc1. The number of hydrogen-bond donors (Lipinski definition) is 1. The summed E-state index contributed by atoms with van der Waals surface area (Å²) in [6, 6.07) is 11.8. The highest BCUT2D eigenvalue weighted by atomic mass is 14.3. The van der Waals surface area contributed by atoms with Gasteiger partial charge in [0, 0.05) is 11.4 Å². The van der Waals surface area contributed by atoms with Crippen LogP contribution in [0.15, 0.2) is 24.3 Å². The summed E-state index contributed by atoms with van der Waals surface area (Å²) in [5, 5.41) is 34.1. The maximum atomic E-state index is 8.70. The van der Waals surface area contributed by atoms with Crippen LogP contribution in [-0.4, -0.2) is 6.21 Å². The fourth-order valence-corrected chi connectivity index (χ4v) is 1.15. The summed E-state index contributed by atoms with van der Waals surface area (Å²) in [5.41, 5.74) is 0.266. The van der Waals surface area contributed by atoms with Crippen molar-refractivity contribution in [3.63, 3.8) is 0 Å². The molecule has 0 heterocycles. The van der Waals surface area contributed by atoms with Crippen LogP contribution in [0.25, 0.3) is 11.1 Å². The van der Waals surface area contributed by atoms with E-state index < -0.39 is 0 Å². The fraction of sp³-hybridized carbons (Fsp3) is 0. The molecule has 16 heavy (non-hydrogen) atoms. The van der Waals surface area contributed by atoms with E-state index >= 15 is 0 Å². The van der Waals surface area contributed by atoms with Gasteiger partial charge in [-0.1, -0.05) is 24.3 Å². The Morgan fingerprint density at radius 1 is 0.938 bits per heavy atom. The first-order valence-electron chi connectivity index (χ1n) is 4.32. The van der Waals surface area contributed by atoms with E-state index in [1.165, 1.54) is 0 Å². The predicted octanol–water partition coefficient (Wildman–Crippen LogP) is 0.208. The lowest BCUT2D eigenvalue weighted by Gasteiger charge is -1.89. The van der Waals surface area contributed by atoms with Gasteiger partial charge in [-0.25, -0.2) is 0 Å². The van der Waals surface area contributed by atoms with E-state index in [2.05, 4.69) is 0 Å². The summed E-state index contributed by atoms with van der Waals surface area (Å²) in [5.74, 6) is 0. The van der Waals surface area contributed by atoms with Crippen molar-refractivity contribution in [2.45, 2.75) is 0 Å². The number of benzene rings is 1. The molecule has 0 aliphatic carbocycles. The largest absolute Gasteiger partial charge is 0.307 e. The molecule has 0 saturated heterocycles. The Bertz CT molecular complexity index is 623. The molecule has 1 N–H and O–H groups in total. The smallest absolute Gasteiger partial charge is 0.136 e. The number of nitrogens with one attached hydrogen (secondary N) is 1. The van der Waals surface area contributed by atoms with E-state index in [4.69, 9.17) is 21.2 Å². The van der Waals surface area contributed by atoms with Crippen molar-refractivity contribution in [2.24, 2.45) is 0 Å². The Kier molecular flexibility index (Phi) is 3.56. The standard InChI is InChI=1S/C12H6N4/c13-5-11(6-14)9-1-2-10(4-3-9)12(7-15)8-16/h1-5,13H. The first-order chi connectivity index (χ1) is 7.76. The van der Waals surface area contributed by atoms with Gasteiger partial charge in [0.2, 0.25) is 0 Å². The Labute approximate surface area is 92.1 Å². The van der Waals surface area contributed by atoms with Crippen LogP contribution in [0.3, 0.4) is 0 Å². The van der Waals surface area contributed by atoms with Crippen LogP contribution in [-0.2, 0) is 0 Å². The quantitative estimate of drug-likeness (QED) is 0.665. The molecule has 0 atom stereocenters. The van der Waals surface area contributed by atoms with Crippen molar-refractivity contribution in [3.8, 4) is 18.2 Å². The highest BCUT2D eigenvalue weighted by Crippen LogP contribution is 1.87. The fourth-order valence-electron chi connectivity index (χ4n) is 1.15. The summed E-state index contributed by atoms with van der Waals surface area (Å²) in [7, 11) is 0. The zero-order valence-corrected chi connectivity index (χ0v) is 8.23. The van der Waals surface area contributed by atoms with E-state index in [9.17, 15) is 0 Å². The molecule has 0 spiro atoms. The van der Waals surface area contributed by atoms with Gasteiger partial charge in [-0.2, -0.15) is 15.8 Å². The van der Waals surface area contributed by atoms with Crippen LogP contribution in [0.2, 0.25) is 0 Å². The number of rotatable bonds is 1. The Morgan fingerprint density at radius 3 is 1.81 bits per heavy atom. The highest BCUT2D eigenvalue weighted by Gasteiger charge is 1.94. The average molecular weight is 206 g/mol. The van der Waals surface area contributed by atoms with Gasteiger partial charge < -0.3 is 5.41 Å². The molecule has 74 valence electrons. The molecular formula is C12H6N4. The van der Waals surface area contributed by atoms with Crippen LogP contribution in [0.1, 0.15) is 0 Å². The van der Waals surface area contributed by atoms with Gasteiger partial charge in [-0.15, -0.1) is 0 Å². The van der Waals surface area contributed by atoms with Gasteiger partial charge in [0.25, 0.3) is 0 Å². The van der Waals surface area contributed by atoms with Crippen LogP contribution in [0.4, 0.5) is 0 Å². The molecular weight excluding hydrogens is 200 g/mol. The minimum atomic E-state index is 0.0277. The van der Waals surface area contributed by atoms with E-state index in [1.54, 1.807) is 36.4 Å². The molecule has 0 bridgehead atoms. The van der Waals surface area contributed by atoms with Crippen molar-refractivity contribution in [1.82, 2.24) is 0 Å². The molecule has 0 amide bonds. The molecule has 0 aliphatic rings. The summed E-state index contributed by atoms with van der Waals surface area (Å²) < 4.78 is 0. The third-order valence-electron chi connectivity index (χ3n) is 1.97. The maximum Gasteiger partial charge on any atom is 0.136 e. The van der Waals surface area contributed by atoms with Crippen molar-refractivity contribution in [1.29, 1.82) is 21.2 Å². The summed E-state index contributed by atoms with van der Waals surface area (Å²) in [6.07, 6.45) is 0.966. The van der Waals surface area contributed by atoms with Crippen molar-refractivity contribution in [3.05, 3.63) is 34.7 Å². The van der Waals surface area contributed by atoms with Gasteiger partial charge in [0.1, 0.15) is 23.8 Å². The van der Waals surface area contributed by atoms with Gasteiger partial charge in [-0.3, -0.25) is 0 Å². The van der Waals surface area contributed by atoms with Gasteiger partial charge in [0.15, 0.2) is 0 Å². The lowest BCUT2D eigenvalue weighted by molar-refractivity contribution is 1.47. The molecule has 0 saturated carbocycles. The minimum absolute atomic E-state index is 0.0277. The predicted molar refractivity (Wildman–Crippen MR) is 58.1 cm³/mol. The third-order valence-corrected chi connectivity index (χ3v) is 1.97. The molecule has 0 aliphatic heterocycles. The summed E-state index contributed by atoms with van der Waals surface area (Å²) in [4.78, 5) is 0. The van der Waals surface area contributed by atoms with Gasteiger partial charge in [0.05, 0.1) is 5.57 Å². The second-order valence-corrected chi connectivity index (χ2v) is 2.85. The topological polar surface area (TPSA) is 95.2 Å². The van der Waals surface area contributed by atoms with Gasteiger partial charge in [-0.05, 0) is 5.22 Å². The Morgan fingerprint density at radius 2 is 1.44 bits per heavy atom. The van der Waals surface area contributed by atoms with E-state index in [0.29, 0.717) is 10.4 Å². The van der Waals surface area contributed by atoms with Gasteiger partial charge >= 0.3 is 0 Å². The lowest BCUT2D eigenvalue weighted by atomic mass is 10.1. The molecule has 0 aromatic heterocycles. The molecule has 0 unspecified atom stereocenters. The molecule has 1 rings (SSSR count). The first-order valence-corrected chi connectivity index (χ1v) is 4.32. The molecule has 4 heteroatoms. The second-order valence-electron chi connectivity index (χ2n) is 2.85. The highest BCUT2D eigenvalue weighted by molar-refractivity contribution is 6.06. The zero-order valence-electron chi connectivity index (χ0n) is 8.23. The van der Waals surface area contributed by atoms with Crippen molar-refractivity contribution >= 4 is 17.4 Å². The van der Waals surface area contributed by atoms with Crippen LogP contribution >= 0.6 is 0 Å². The Balaban J connectivity index is 3.56. The molecule has 1 aromatic carbocycles. The van der Waals surface area contributed by atoms with Crippen LogP contribution < -0.4 is 10.4 Å². The normalized spacial score (nSPS) is 8.06. The third kappa shape index (κ3) is 2.12. The number of hydrogen-bond acceptors (Lipinski definition) is 4. The van der Waals surface area contributed by atoms with E-state index in [1.807, 2.05) is 6.07 Å². The number of nitrogens with zero attached hydrogens (tertiary/aromatic N) is 3. The summed E-state index contributed by atoms with van der Waals surface area (Å²) in [6.45, 7) is 0. The van der Waals surface area contributed by atoms with Crippen molar-refractivity contribution < 1.29 is 0 Å². The molecule has 0 fully saturated rings. The first kappa shape index (κ1) is 11.2. The van der Waals surface area contributed by atoms with E-state index in [0.717, 1.165) is 6.21 Å². The molecule has 0 radical (unpaired) electrons. The summed E-state index contributed by atoms with van der Waals surface area (Å²) >= 11 is 0. The van der Waals surface area contributed by atoms with Crippen LogP contribution in [0.5, 0.6) is 0 Å². The average Bonchev–Trinajstić information content (AvgIpc) is 2.34. The molecule has 4 nitrogen and oxygen atoms in total. The monoisotopic (exact) mass is 206 g/mol. The lowest BCUT2D eigenvalue weighted by Crippen LogP contribution is -2.12. The maximum absolute atomic E-state index is 8.70. The van der Waals surface area contributed by atoms with E-state index in [-0.39, 0.29) is 11.1 Å². The Hall–Kier alpha value is -2.90. The minimum Gasteiger partial charge on any atom is -0.307 e. The molecule has 1 aromatic rings. The van der Waals surface area contributed by atoms with Crippen molar-refractivity contribution in [2.75, 3.05) is 0 Å². The zero-order chi connectivity index (χ0) is 12.0. The van der Waals surface area contributed by atoms with Crippen LogP contribution in [0, 0.1) is 39.4 Å². The number of nitriles is 3.